The van der Waals surface area contributed by atoms with Crippen LogP contribution in [0.5, 0.6) is 11.5 Å². The first-order chi connectivity index (χ1) is 9.12. The average molecular weight is 305 g/mol. The van der Waals surface area contributed by atoms with Gasteiger partial charge in [0.15, 0.2) is 18.3 Å². The quantitative estimate of drug-likeness (QED) is 0.522. The molecule has 1 aromatic carbocycles. The SMILES string of the molecule is CCCC(C)(PCl)c1cccc(OC)c1OCOC. The van der Waals surface area contributed by atoms with Gasteiger partial charge in [0.1, 0.15) is 0 Å². The van der Waals surface area contributed by atoms with Gasteiger partial charge in [0.25, 0.3) is 0 Å². The van der Waals surface area contributed by atoms with Crippen molar-refractivity contribution in [3.8, 4) is 11.5 Å². The van der Waals surface area contributed by atoms with E-state index in [1.54, 1.807) is 14.2 Å². The first kappa shape index (κ1) is 16.6. The number of ether oxygens (including phenoxy) is 3. The highest BCUT2D eigenvalue weighted by Gasteiger charge is 2.30. The van der Waals surface area contributed by atoms with Crippen molar-refractivity contribution in [2.24, 2.45) is 0 Å². The monoisotopic (exact) mass is 304 g/mol. The van der Waals surface area contributed by atoms with Gasteiger partial charge in [-0.25, -0.2) is 0 Å². The summed E-state index contributed by atoms with van der Waals surface area (Å²) in [5.74, 6) is 1.45. The summed E-state index contributed by atoms with van der Waals surface area (Å²) in [7, 11) is 3.52. The first-order valence-corrected chi connectivity index (χ1v) is 8.31. The van der Waals surface area contributed by atoms with Crippen molar-refractivity contribution in [2.45, 2.75) is 31.8 Å². The second-order valence-corrected chi connectivity index (χ2v) is 6.42. The predicted molar refractivity (Wildman–Crippen MR) is 81.9 cm³/mol. The van der Waals surface area contributed by atoms with Crippen LogP contribution in [0.25, 0.3) is 0 Å². The molecule has 0 spiro atoms. The van der Waals surface area contributed by atoms with Crippen LogP contribution in [0.2, 0.25) is 0 Å². The Morgan fingerprint density at radius 3 is 2.58 bits per heavy atom. The van der Waals surface area contributed by atoms with Crippen molar-refractivity contribution >= 4 is 19.2 Å². The van der Waals surface area contributed by atoms with E-state index in [4.69, 9.17) is 25.5 Å². The number of hydrogen-bond donors (Lipinski definition) is 0. The summed E-state index contributed by atoms with van der Waals surface area (Å²) < 4.78 is 16.1. The predicted octanol–water partition coefficient (Wildman–Crippen LogP) is 4.53. The van der Waals surface area contributed by atoms with Crippen molar-refractivity contribution < 1.29 is 14.2 Å². The van der Waals surface area contributed by atoms with Crippen molar-refractivity contribution in [3.63, 3.8) is 0 Å². The molecule has 0 saturated heterocycles. The van der Waals surface area contributed by atoms with E-state index in [1.807, 2.05) is 12.1 Å². The number of halogens is 1. The molecule has 0 bridgehead atoms. The molecule has 0 aliphatic rings. The van der Waals surface area contributed by atoms with E-state index in [0.717, 1.165) is 24.2 Å². The Balaban J connectivity index is 3.23. The summed E-state index contributed by atoms with van der Waals surface area (Å²) in [4.78, 5) is 0. The maximum absolute atomic E-state index is 6.22. The molecule has 0 aliphatic heterocycles. The first-order valence-electron chi connectivity index (χ1n) is 6.30. The highest BCUT2D eigenvalue weighted by atomic mass is 35.7. The highest BCUT2D eigenvalue weighted by molar-refractivity contribution is 7.69. The second-order valence-electron chi connectivity index (χ2n) is 4.56. The summed E-state index contributed by atoms with van der Waals surface area (Å²) in [6.45, 7) is 4.52. The zero-order valence-electron chi connectivity index (χ0n) is 12.0. The molecule has 3 nitrogen and oxygen atoms in total. The van der Waals surface area contributed by atoms with E-state index < -0.39 is 0 Å². The van der Waals surface area contributed by atoms with Gasteiger partial charge in [-0.05, 0) is 20.4 Å². The summed E-state index contributed by atoms with van der Waals surface area (Å²) in [6.07, 6.45) is 2.07. The van der Waals surface area contributed by atoms with Crippen LogP contribution >= 0.6 is 19.2 Å². The van der Waals surface area contributed by atoms with Crippen molar-refractivity contribution in [1.82, 2.24) is 0 Å². The molecule has 0 radical (unpaired) electrons. The van der Waals surface area contributed by atoms with Gasteiger partial charge < -0.3 is 14.2 Å². The molecule has 0 amide bonds. The number of rotatable bonds is 8. The van der Waals surface area contributed by atoms with E-state index in [0.29, 0.717) is 5.75 Å². The number of hydrogen-bond acceptors (Lipinski definition) is 3. The topological polar surface area (TPSA) is 27.7 Å². The summed E-state index contributed by atoms with van der Waals surface area (Å²) >= 11 is 6.22. The van der Waals surface area contributed by atoms with Crippen LogP contribution in [0, 0.1) is 0 Å². The van der Waals surface area contributed by atoms with Gasteiger partial charge in [-0.15, -0.1) is 0 Å². The molecule has 0 aliphatic carbocycles. The van der Waals surface area contributed by atoms with Crippen molar-refractivity contribution in [3.05, 3.63) is 23.8 Å². The fourth-order valence-corrected chi connectivity index (χ4v) is 3.34. The Kier molecular flexibility index (Phi) is 6.92. The van der Waals surface area contributed by atoms with Gasteiger partial charge in [0, 0.05) is 17.8 Å². The molecule has 0 saturated carbocycles. The second kappa shape index (κ2) is 7.94. The maximum Gasteiger partial charge on any atom is 0.188 e. The van der Waals surface area contributed by atoms with Gasteiger partial charge in [-0.2, -0.15) is 0 Å². The summed E-state index contributed by atoms with van der Waals surface area (Å²) in [5.41, 5.74) is 1.08. The van der Waals surface area contributed by atoms with Gasteiger partial charge >= 0.3 is 0 Å². The van der Waals surface area contributed by atoms with Crippen LogP contribution < -0.4 is 9.47 Å². The minimum atomic E-state index is -0.103. The number of methoxy groups -OCH3 is 2. The van der Waals surface area contributed by atoms with Crippen LogP contribution in [0.15, 0.2) is 18.2 Å². The molecular weight excluding hydrogens is 283 g/mol. The fraction of sp³-hybridized carbons (Fsp3) is 0.571. The lowest BCUT2D eigenvalue weighted by Crippen LogP contribution is -2.17. The van der Waals surface area contributed by atoms with E-state index in [-0.39, 0.29) is 19.9 Å². The van der Waals surface area contributed by atoms with E-state index in [1.165, 1.54) is 0 Å². The largest absolute Gasteiger partial charge is 0.493 e. The minimum Gasteiger partial charge on any atom is -0.493 e. The Labute approximate surface area is 122 Å². The maximum atomic E-state index is 6.22. The average Bonchev–Trinajstić information content (AvgIpc) is 2.44. The molecule has 0 N–H and O–H groups in total. The molecular formula is C14H22ClO3P. The normalized spacial score (nSPS) is 14.6. The minimum absolute atomic E-state index is 0.103. The lowest BCUT2D eigenvalue weighted by atomic mass is 9.94. The zero-order chi connectivity index (χ0) is 14.3. The van der Waals surface area contributed by atoms with Crippen LogP contribution in [0.1, 0.15) is 32.3 Å². The van der Waals surface area contributed by atoms with E-state index in [2.05, 4.69) is 19.9 Å². The standard InChI is InChI=1S/C14H22ClO3P/c1-5-9-14(2,19-15)11-7-6-8-12(17-4)13(11)18-10-16-3/h6-8,19H,5,9-10H2,1-4H3. The van der Waals surface area contributed by atoms with Crippen LogP contribution in [-0.2, 0) is 9.89 Å². The third kappa shape index (κ3) is 3.98. The summed E-state index contributed by atoms with van der Waals surface area (Å²) in [6, 6.07) is 5.91. The van der Waals surface area contributed by atoms with Crippen molar-refractivity contribution in [2.75, 3.05) is 21.0 Å². The molecule has 0 fully saturated rings. The summed E-state index contributed by atoms with van der Waals surface area (Å²) in [5, 5.41) is -0.103. The molecule has 0 heterocycles. The molecule has 19 heavy (non-hydrogen) atoms. The smallest absolute Gasteiger partial charge is 0.188 e. The third-order valence-corrected chi connectivity index (χ3v) is 5.26. The van der Waals surface area contributed by atoms with Crippen molar-refractivity contribution in [1.29, 1.82) is 0 Å². The molecule has 0 aromatic heterocycles. The van der Waals surface area contributed by atoms with E-state index >= 15 is 0 Å². The van der Waals surface area contributed by atoms with E-state index in [9.17, 15) is 0 Å². The molecule has 5 heteroatoms. The molecule has 1 rings (SSSR count). The Bertz CT molecular complexity index is 400. The zero-order valence-corrected chi connectivity index (χ0v) is 13.7. The van der Waals surface area contributed by atoms with Gasteiger partial charge in [0.05, 0.1) is 7.11 Å². The van der Waals surface area contributed by atoms with Crippen LogP contribution in [-0.4, -0.2) is 21.0 Å². The Hall–Kier alpha value is -0.500. The highest BCUT2D eigenvalue weighted by Crippen LogP contribution is 2.52. The number of benzene rings is 1. The number of para-hydroxylation sites is 1. The fourth-order valence-electron chi connectivity index (χ4n) is 2.11. The lowest BCUT2D eigenvalue weighted by molar-refractivity contribution is 0.0480. The van der Waals surface area contributed by atoms with Gasteiger partial charge in [-0.1, -0.05) is 43.6 Å². The third-order valence-electron chi connectivity index (χ3n) is 3.07. The van der Waals surface area contributed by atoms with Crippen LogP contribution in [0.4, 0.5) is 0 Å². The Morgan fingerprint density at radius 2 is 2.05 bits per heavy atom. The molecule has 2 unspecified atom stereocenters. The lowest BCUT2D eigenvalue weighted by Gasteiger charge is -2.29. The molecule has 108 valence electrons. The molecule has 2 atom stereocenters. The Morgan fingerprint density at radius 1 is 1.32 bits per heavy atom. The van der Waals surface area contributed by atoms with Gasteiger partial charge in [0.2, 0.25) is 0 Å². The molecule has 1 aromatic rings. The van der Waals surface area contributed by atoms with Gasteiger partial charge in [-0.3, -0.25) is 0 Å². The van der Waals surface area contributed by atoms with Crippen LogP contribution in [0.3, 0.4) is 0 Å².